The number of rotatable bonds is 7. The van der Waals surface area contributed by atoms with Crippen molar-refractivity contribution in [3.8, 4) is 0 Å². The highest BCUT2D eigenvalue weighted by Gasteiger charge is 2.32. The van der Waals surface area contributed by atoms with Gasteiger partial charge in [-0.1, -0.05) is 19.3 Å². The zero-order valence-electron chi connectivity index (χ0n) is 11.3. The van der Waals surface area contributed by atoms with Crippen LogP contribution in [0.1, 0.15) is 38.5 Å². The number of aliphatic hydroxyl groups is 1. The highest BCUT2D eigenvalue weighted by Crippen LogP contribution is 2.35. The quantitative estimate of drug-likeness (QED) is 0.650. The summed E-state index contributed by atoms with van der Waals surface area (Å²) in [6, 6.07) is -0.420. The largest absolute Gasteiger partial charge is 0.396 e. The third-order valence-corrected chi connectivity index (χ3v) is 4.50. The molecule has 1 rings (SSSR count). The van der Waals surface area contributed by atoms with Gasteiger partial charge in [0.2, 0.25) is 5.91 Å². The van der Waals surface area contributed by atoms with Crippen LogP contribution in [0.4, 0.5) is 0 Å². The number of nitrogens with two attached hydrogens (primary N) is 1. The van der Waals surface area contributed by atoms with Gasteiger partial charge in [-0.05, 0) is 31.3 Å². The van der Waals surface area contributed by atoms with E-state index in [0.717, 1.165) is 31.4 Å². The standard InChI is InChI=1S/C13H26N2O2S/c1-18-8-5-11(14)12(17)15-9-13(10-16)6-3-2-4-7-13/h11,16H,2-10,14H2,1H3,(H,15,17)/t11-/m0/s1. The van der Waals surface area contributed by atoms with Crippen molar-refractivity contribution >= 4 is 17.7 Å². The molecule has 4 nitrogen and oxygen atoms in total. The van der Waals surface area contributed by atoms with Gasteiger partial charge in [-0.2, -0.15) is 11.8 Å². The molecular formula is C13H26N2O2S. The lowest BCUT2D eigenvalue weighted by Gasteiger charge is -2.35. The van der Waals surface area contributed by atoms with Crippen molar-refractivity contribution in [2.45, 2.75) is 44.6 Å². The summed E-state index contributed by atoms with van der Waals surface area (Å²) in [5, 5.41) is 12.5. The summed E-state index contributed by atoms with van der Waals surface area (Å²) >= 11 is 1.70. The Labute approximate surface area is 114 Å². The maximum absolute atomic E-state index is 11.8. The molecule has 18 heavy (non-hydrogen) atoms. The normalized spacial score (nSPS) is 20.4. The summed E-state index contributed by atoms with van der Waals surface area (Å²) in [5.41, 5.74) is 5.71. The Hall–Kier alpha value is -0.260. The second kappa shape index (κ2) is 8.02. The number of carbonyl (C=O) groups is 1. The van der Waals surface area contributed by atoms with E-state index in [0.29, 0.717) is 13.0 Å². The first-order valence-electron chi connectivity index (χ1n) is 6.77. The van der Waals surface area contributed by atoms with Crippen molar-refractivity contribution in [3.63, 3.8) is 0 Å². The maximum atomic E-state index is 11.8. The van der Waals surface area contributed by atoms with Crippen molar-refractivity contribution in [1.82, 2.24) is 5.32 Å². The van der Waals surface area contributed by atoms with E-state index in [2.05, 4.69) is 5.32 Å². The smallest absolute Gasteiger partial charge is 0.236 e. The Balaban J connectivity index is 2.35. The number of aliphatic hydroxyl groups excluding tert-OH is 1. The number of carbonyl (C=O) groups excluding carboxylic acids is 1. The topological polar surface area (TPSA) is 75.4 Å². The van der Waals surface area contributed by atoms with E-state index in [-0.39, 0.29) is 17.9 Å². The van der Waals surface area contributed by atoms with Gasteiger partial charge in [0.1, 0.15) is 0 Å². The van der Waals surface area contributed by atoms with E-state index in [9.17, 15) is 9.90 Å². The Morgan fingerprint density at radius 3 is 2.67 bits per heavy atom. The van der Waals surface area contributed by atoms with Crippen molar-refractivity contribution in [2.75, 3.05) is 25.2 Å². The third kappa shape index (κ3) is 4.78. The fourth-order valence-corrected chi connectivity index (χ4v) is 2.96. The van der Waals surface area contributed by atoms with E-state index in [1.54, 1.807) is 11.8 Å². The molecule has 1 aliphatic rings. The van der Waals surface area contributed by atoms with E-state index in [1.165, 1.54) is 6.42 Å². The summed E-state index contributed by atoms with van der Waals surface area (Å²) in [6.07, 6.45) is 8.26. The van der Waals surface area contributed by atoms with Gasteiger partial charge in [-0.3, -0.25) is 4.79 Å². The molecule has 1 atom stereocenters. The molecule has 1 fully saturated rings. The summed E-state index contributed by atoms with van der Waals surface area (Å²) in [6.45, 7) is 0.725. The summed E-state index contributed by atoms with van der Waals surface area (Å²) in [5.74, 6) is 0.821. The molecule has 1 saturated carbocycles. The maximum Gasteiger partial charge on any atom is 0.236 e. The molecule has 0 aromatic carbocycles. The minimum atomic E-state index is -0.420. The Morgan fingerprint density at radius 1 is 1.44 bits per heavy atom. The predicted molar refractivity (Wildman–Crippen MR) is 76.6 cm³/mol. The van der Waals surface area contributed by atoms with Gasteiger partial charge in [0.05, 0.1) is 12.6 Å². The summed E-state index contributed by atoms with van der Waals surface area (Å²) in [4.78, 5) is 11.8. The van der Waals surface area contributed by atoms with Crippen LogP contribution in [0.5, 0.6) is 0 Å². The molecule has 5 heteroatoms. The van der Waals surface area contributed by atoms with E-state index in [4.69, 9.17) is 5.73 Å². The van der Waals surface area contributed by atoms with Crippen LogP contribution >= 0.6 is 11.8 Å². The summed E-state index contributed by atoms with van der Waals surface area (Å²) in [7, 11) is 0. The molecule has 0 aromatic heterocycles. The lowest BCUT2D eigenvalue weighted by molar-refractivity contribution is -0.123. The van der Waals surface area contributed by atoms with Crippen LogP contribution in [0.2, 0.25) is 0 Å². The number of thioether (sulfide) groups is 1. The molecule has 0 aromatic rings. The zero-order valence-corrected chi connectivity index (χ0v) is 12.1. The molecule has 1 aliphatic carbocycles. The van der Waals surface area contributed by atoms with Crippen LogP contribution in [0.25, 0.3) is 0 Å². The van der Waals surface area contributed by atoms with Crippen LogP contribution in [0.15, 0.2) is 0 Å². The fraction of sp³-hybridized carbons (Fsp3) is 0.923. The van der Waals surface area contributed by atoms with E-state index >= 15 is 0 Å². The molecule has 0 heterocycles. The molecule has 4 N–H and O–H groups in total. The Morgan fingerprint density at radius 2 is 2.11 bits per heavy atom. The number of amides is 1. The van der Waals surface area contributed by atoms with Crippen LogP contribution in [0, 0.1) is 5.41 Å². The minimum absolute atomic E-state index is 0.0811. The van der Waals surface area contributed by atoms with Crippen molar-refractivity contribution in [1.29, 1.82) is 0 Å². The van der Waals surface area contributed by atoms with Gasteiger partial charge >= 0.3 is 0 Å². The molecule has 0 saturated heterocycles. The molecule has 1 amide bonds. The molecule has 0 spiro atoms. The first-order valence-corrected chi connectivity index (χ1v) is 8.16. The van der Waals surface area contributed by atoms with Gasteiger partial charge in [0.15, 0.2) is 0 Å². The Kier molecular flexibility index (Phi) is 7.04. The Bertz CT molecular complexity index is 255. The molecular weight excluding hydrogens is 248 g/mol. The van der Waals surface area contributed by atoms with Gasteiger partial charge in [0.25, 0.3) is 0 Å². The lowest BCUT2D eigenvalue weighted by atomic mass is 9.74. The second-order valence-electron chi connectivity index (χ2n) is 5.32. The van der Waals surface area contributed by atoms with Gasteiger partial charge < -0.3 is 16.2 Å². The predicted octanol–water partition coefficient (Wildman–Crippen LogP) is 1.13. The van der Waals surface area contributed by atoms with Crippen LogP contribution in [0.3, 0.4) is 0 Å². The number of hydrogen-bond acceptors (Lipinski definition) is 4. The van der Waals surface area contributed by atoms with Gasteiger partial charge in [-0.25, -0.2) is 0 Å². The molecule has 0 aliphatic heterocycles. The van der Waals surface area contributed by atoms with Gasteiger partial charge in [-0.15, -0.1) is 0 Å². The fourth-order valence-electron chi connectivity index (χ4n) is 2.47. The lowest BCUT2D eigenvalue weighted by Crippen LogP contribution is -2.47. The van der Waals surface area contributed by atoms with E-state index in [1.807, 2.05) is 6.26 Å². The van der Waals surface area contributed by atoms with Crippen LogP contribution in [-0.2, 0) is 4.79 Å². The molecule has 106 valence electrons. The van der Waals surface area contributed by atoms with Crippen LogP contribution < -0.4 is 11.1 Å². The first kappa shape index (κ1) is 15.8. The molecule has 0 bridgehead atoms. The highest BCUT2D eigenvalue weighted by molar-refractivity contribution is 7.98. The van der Waals surface area contributed by atoms with Crippen LogP contribution in [-0.4, -0.2) is 42.2 Å². The second-order valence-corrected chi connectivity index (χ2v) is 6.31. The average Bonchev–Trinajstić information content (AvgIpc) is 2.43. The number of hydrogen-bond donors (Lipinski definition) is 3. The molecule has 0 unspecified atom stereocenters. The van der Waals surface area contributed by atoms with Crippen molar-refractivity contribution in [2.24, 2.45) is 11.1 Å². The SMILES string of the molecule is CSCC[C@H](N)C(=O)NCC1(CO)CCCCC1. The van der Waals surface area contributed by atoms with Gasteiger partial charge in [0, 0.05) is 12.0 Å². The highest BCUT2D eigenvalue weighted by atomic mass is 32.2. The molecule has 0 radical (unpaired) electrons. The zero-order chi connectivity index (χ0) is 13.4. The van der Waals surface area contributed by atoms with E-state index < -0.39 is 6.04 Å². The average molecular weight is 274 g/mol. The van der Waals surface area contributed by atoms with Crippen molar-refractivity contribution < 1.29 is 9.90 Å². The number of nitrogens with one attached hydrogen (secondary N) is 1. The summed E-state index contributed by atoms with van der Waals surface area (Å²) < 4.78 is 0. The third-order valence-electron chi connectivity index (χ3n) is 3.86. The monoisotopic (exact) mass is 274 g/mol. The minimum Gasteiger partial charge on any atom is -0.396 e. The first-order chi connectivity index (χ1) is 8.63. The van der Waals surface area contributed by atoms with Crippen molar-refractivity contribution in [3.05, 3.63) is 0 Å².